The van der Waals surface area contributed by atoms with Crippen LogP contribution in [-0.4, -0.2) is 24.4 Å². The maximum atomic E-state index is 12.1. The molecule has 108 valence electrons. The number of nitrogens with two attached hydrogens (primary N) is 1. The third-order valence-electron chi connectivity index (χ3n) is 3.72. The van der Waals surface area contributed by atoms with Crippen molar-refractivity contribution >= 4 is 5.91 Å². The quantitative estimate of drug-likeness (QED) is 0.787. The van der Waals surface area contributed by atoms with Gasteiger partial charge in [-0.15, -0.1) is 0 Å². The normalized spacial score (nSPS) is 12.4. The topological polar surface area (TPSA) is 59.5 Å². The predicted octanol–water partition coefficient (Wildman–Crippen LogP) is 2.70. The molecular formula is C15H26N2O2. The van der Waals surface area contributed by atoms with Gasteiger partial charge in [-0.05, 0) is 38.3 Å². The molecule has 1 heterocycles. The van der Waals surface area contributed by atoms with E-state index >= 15 is 0 Å². The lowest BCUT2D eigenvalue weighted by Gasteiger charge is -2.19. The molecule has 0 fully saturated rings. The van der Waals surface area contributed by atoms with E-state index in [1.54, 1.807) is 11.2 Å². The van der Waals surface area contributed by atoms with Crippen molar-refractivity contribution in [3.05, 3.63) is 23.7 Å². The molecule has 0 aliphatic heterocycles. The first kappa shape index (κ1) is 15.8. The van der Waals surface area contributed by atoms with Crippen LogP contribution >= 0.6 is 0 Å². The number of furan rings is 1. The van der Waals surface area contributed by atoms with Gasteiger partial charge in [0.05, 0.1) is 6.26 Å². The lowest BCUT2D eigenvalue weighted by Crippen LogP contribution is -2.26. The fraction of sp³-hybridized carbons (Fsp3) is 0.667. The number of rotatable bonds is 8. The van der Waals surface area contributed by atoms with Gasteiger partial charge in [-0.3, -0.25) is 4.79 Å². The molecule has 19 heavy (non-hydrogen) atoms. The Bertz CT molecular complexity index is 387. The zero-order chi connectivity index (χ0) is 14.3. The molecule has 1 amide bonds. The first-order chi connectivity index (χ1) is 9.08. The van der Waals surface area contributed by atoms with E-state index in [0.29, 0.717) is 25.4 Å². The van der Waals surface area contributed by atoms with Gasteiger partial charge in [0.25, 0.3) is 0 Å². The van der Waals surface area contributed by atoms with Crippen LogP contribution in [0.1, 0.15) is 43.9 Å². The second kappa shape index (κ2) is 8.00. The van der Waals surface area contributed by atoms with Crippen molar-refractivity contribution in [2.45, 2.75) is 46.1 Å². The molecule has 1 rings (SSSR count). The molecule has 0 aromatic carbocycles. The van der Waals surface area contributed by atoms with Gasteiger partial charge in [0.15, 0.2) is 0 Å². The molecule has 2 N–H and O–H groups in total. The van der Waals surface area contributed by atoms with Gasteiger partial charge in [-0.25, -0.2) is 0 Å². The van der Waals surface area contributed by atoms with E-state index in [1.165, 1.54) is 0 Å². The molecule has 4 nitrogen and oxygen atoms in total. The van der Waals surface area contributed by atoms with E-state index in [2.05, 4.69) is 6.92 Å². The fourth-order valence-electron chi connectivity index (χ4n) is 2.23. The van der Waals surface area contributed by atoms with E-state index in [0.717, 1.165) is 30.6 Å². The van der Waals surface area contributed by atoms with E-state index in [4.69, 9.17) is 10.2 Å². The summed E-state index contributed by atoms with van der Waals surface area (Å²) in [5.41, 5.74) is 6.65. The second-order valence-electron chi connectivity index (χ2n) is 5.14. The van der Waals surface area contributed by atoms with Crippen molar-refractivity contribution < 1.29 is 9.21 Å². The van der Waals surface area contributed by atoms with Crippen molar-refractivity contribution in [3.63, 3.8) is 0 Å². The summed E-state index contributed by atoms with van der Waals surface area (Å²) in [5, 5.41) is 0. The Morgan fingerprint density at radius 1 is 1.47 bits per heavy atom. The number of hydrogen-bond acceptors (Lipinski definition) is 3. The Labute approximate surface area is 116 Å². The SMILES string of the molecule is CCC(CCN)CCC(=O)N(C)Cc1ccoc1C. The van der Waals surface area contributed by atoms with Crippen LogP contribution in [0.2, 0.25) is 0 Å². The summed E-state index contributed by atoms with van der Waals surface area (Å²) in [7, 11) is 1.85. The first-order valence-corrected chi connectivity index (χ1v) is 7.05. The van der Waals surface area contributed by atoms with Crippen molar-refractivity contribution in [2.75, 3.05) is 13.6 Å². The number of hydrogen-bond donors (Lipinski definition) is 1. The molecule has 0 aliphatic carbocycles. The highest BCUT2D eigenvalue weighted by atomic mass is 16.3. The Kier molecular flexibility index (Phi) is 6.64. The van der Waals surface area contributed by atoms with Crippen LogP contribution in [0.5, 0.6) is 0 Å². The van der Waals surface area contributed by atoms with Crippen molar-refractivity contribution in [1.82, 2.24) is 4.90 Å². The zero-order valence-corrected chi connectivity index (χ0v) is 12.3. The minimum atomic E-state index is 0.191. The van der Waals surface area contributed by atoms with Crippen LogP contribution in [0.4, 0.5) is 0 Å². The average molecular weight is 266 g/mol. The monoisotopic (exact) mass is 266 g/mol. The van der Waals surface area contributed by atoms with Crippen LogP contribution in [0, 0.1) is 12.8 Å². The molecule has 1 aromatic heterocycles. The molecule has 0 spiro atoms. The van der Waals surface area contributed by atoms with Crippen LogP contribution in [0.15, 0.2) is 16.7 Å². The van der Waals surface area contributed by atoms with Gasteiger partial charge in [-0.2, -0.15) is 0 Å². The van der Waals surface area contributed by atoms with E-state index < -0.39 is 0 Å². The Morgan fingerprint density at radius 2 is 2.21 bits per heavy atom. The summed E-state index contributed by atoms with van der Waals surface area (Å²) in [6, 6.07) is 1.92. The summed E-state index contributed by atoms with van der Waals surface area (Å²) >= 11 is 0. The Balaban J connectivity index is 2.38. The highest BCUT2D eigenvalue weighted by Crippen LogP contribution is 2.16. The Morgan fingerprint density at radius 3 is 2.74 bits per heavy atom. The van der Waals surface area contributed by atoms with Gasteiger partial charge in [0, 0.05) is 25.6 Å². The maximum absolute atomic E-state index is 12.1. The molecule has 0 aliphatic rings. The number of amides is 1. The van der Waals surface area contributed by atoms with Crippen LogP contribution in [-0.2, 0) is 11.3 Å². The second-order valence-corrected chi connectivity index (χ2v) is 5.14. The number of carbonyl (C=O) groups is 1. The van der Waals surface area contributed by atoms with Crippen LogP contribution < -0.4 is 5.73 Å². The van der Waals surface area contributed by atoms with Gasteiger partial charge in [0.1, 0.15) is 5.76 Å². The maximum Gasteiger partial charge on any atom is 0.222 e. The summed E-state index contributed by atoms with van der Waals surface area (Å²) < 4.78 is 5.24. The molecule has 1 atom stereocenters. The fourth-order valence-corrected chi connectivity index (χ4v) is 2.23. The highest BCUT2D eigenvalue weighted by molar-refractivity contribution is 5.75. The third kappa shape index (κ3) is 5.07. The highest BCUT2D eigenvalue weighted by Gasteiger charge is 2.14. The van der Waals surface area contributed by atoms with Gasteiger partial charge in [-0.1, -0.05) is 13.3 Å². The van der Waals surface area contributed by atoms with Gasteiger partial charge in [0.2, 0.25) is 5.91 Å². The van der Waals surface area contributed by atoms with E-state index in [1.807, 2.05) is 20.0 Å². The minimum absolute atomic E-state index is 0.191. The standard InChI is InChI=1S/C15H26N2O2/c1-4-13(7-9-16)5-6-15(18)17(3)11-14-8-10-19-12(14)2/h8,10,13H,4-7,9,11,16H2,1-3H3. The minimum Gasteiger partial charge on any atom is -0.469 e. The third-order valence-corrected chi connectivity index (χ3v) is 3.72. The zero-order valence-electron chi connectivity index (χ0n) is 12.3. The van der Waals surface area contributed by atoms with Crippen LogP contribution in [0.25, 0.3) is 0 Å². The summed E-state index contributed by atoms with van der Waals surface area (Å²) in [5.74, 6) is 1.64. The van der Waals surface area contributed by atoms with Gasteiger partial charge < -0.3 is 15.1 Å². The van der Waals surface area contributed by atoms with E-state index in [-0.39, 0.29) is 5.91 Å². The van der Waals surface area contributed by atoms with Crippen LogP contribution in [0.3, 0.4) is 0 Å². The number of nitrogens with zero attached hydrogens (tertiary/aromatic N) is 1. The predicted molar refractivity (Wildman–Crippen MR) is 76.6 cm³/mol. The molecule has 1 unspecified atom stereocenters. The average Bonchev–Trinajstić information content (AvgIpc) is 2.79. The number of carbonyl (C=O) groups excluding carboxylic acids is 1. The largest absolute Gasteiger partial charge is 0.469 e. The molecule has 4 heteroatoms. The molecule has 0 radical (unpaired) electrons. The van der Waals surface area contributed by atoms with E-state index in [9.17, 15) is 4.79 Å². The van der Waals surface area contributed by atoms with Crippen molar-refractivity contribution in [1.29, 1.82) is 0 Å². The lowest BCUT2D eigenvalue weighted by atomic mass is 9.96. The van der Waals surface area contributed by atoms with Gasteiger partial charge >= 0.3 is 0 Å². The Hall–Kier alpha value is -1.29. The lowest BCUT2D eigenvalue weighted by molar-refractivity contribution is -0.130. The number of aryl methyl sites for hydroxylation is 1. The van der Waals surface area contributed by atoms with Crippen molar-refractivity contribution in [3.8, 4) is 0 Å². The molecule has 0 bridgehead atoms. The first-order valence-electron chi connectivity index (χ1n) is 7.05. The molecular weight excluding hydrogens is 240 g/mol. The molecule has 1 aromatic rings. The summed E-state index contributed by atoms with van der Waals surface area (Å²) in [6.07, 6.45) is 5.30. The summed E-state index contributed by atoms with van der Waals surface area (Å²) in [6.45, 7) is 5.40. The molecule has 0 saturated carbocycles. The smallest absolute Gasteiger partial charge is 0.222 e. The summed E-state index contributed by atoms with van der Waals surface area (Å²) in [4.78, 5) is 13.8. The van der Waals surface area contributed by atoms with Crippen molar-refractivity contribution in [2.24, 2.45) is 11.7 Å². The molecule has 0 saturated heterocycles.